The van der Waals surface area contributed by atoms with Gasteiger partial charge in [0.15, 0.2) is 0 Å². The number of hydrogen-bond donors (Lipinski definition) is 1. The molecule has 0 spiro atoms. The van der Waals surface area contributed by atoms with Gasteiger partial charge >= 0.3 is 29.2 Å². The van der Waals surface area contributed by atoms with E-state index in [1.165, 1.54) is 0 Å². The molecule has 1 N–H and O–H groups in total. The molecular formula is C11H5F9O2S. The Balaban J connectivity index is 3.45. The molecule has 0 heterocycles. The van der Waals surface area contributed by atoms with Crippen LogP contribution in [0.15, 0.2) is 29.2 Å². The predicted molar refractivity (Wildman–Crippen MR) is 60.2 cm³/mol. The van der Waals surface area contributed by atoms with Gasteiger partial charge in [0.05, 0.1) is 5.56 Å². The minimum absolute atomic E-state index is 0.437. The Labute approximate surface area is 126 Å². The summed E-state index contributed by atoms with van der Waals surface area (Å²) in [5.41, 5.74) is -0.508. The molecule has 1 rings (SSSR count). The Morgan fingerprint density at radius 2 is 1.13 bits per heavy atom. The third-order valence-electron chi connectivity index (χ3n) is 2.57. The molecule has 0 fully saturated rings. The van der Waals surface area contributed by atoms with Crippen molar-refractivity contribution in [1.82, 2.24) is 0 Å². The zero-order valence-electron chi connectivity index (χ0n) is 10.5. The number of carbonyl (C=O) groups is 1. The highest BCUT2D eigenvalue weighted by Gasteiger charge is 2.84. The molecule has 0 saturated heterocycles. The lowest BCUT2D eigenvalue weighted by atomic mass is 10.1. The average Bonchev–Trinajstić information content (AvgIpc) is 2.31. The first kappa shape index (κ1) is 19.5. The predicted octanol–water partition coefficient (Wildman–Crippen LogP) is 4.90. The number of alkyl halides is 9. The van der Waals surface area contributed by atoms with Gasteiger partial charge in [-0.25, -0.2) is 4.79 Å². The highest BCUT2D eigenvalue weighted by atomic mass is 32.2. The fourth-order valence-electron chi connectivity index (χ4n) is 1.50. The lowest BCUT2D eigenvalue weighted by molar-refractivity contribution is -0.345. The maximum atomic E-state index is 12.7. The van der Waals surface area contributed by atoms with Gasteiger partial charge in [-0.1, -0.05) is 11.8 Å². The molecule has 0 saturated carbocycles. The molecule has 0 aliphatic rings. The van der Waals surface area contributed by atoms with Gasteiger partial charge in [0.1, 0.15) is 0 Å². The van der Waals surface area contributed by atoms with Crippen molar-refractivity contribution in [1.29, 1.82) is 0 Å². The number of rotatable bonds is 3. The number of halogens is 9. The third kappa shape index (κ3) is 3.51. The van der Waals surface area contributed by atoms with E-state index in [9.17, 15) is 44.3 Å². The Bertz CT molecular complexity index is 535. The Morgan fingerprint density at radius 3 is 1.39 bits per heavy atom. The summed E-state index contributed by atoms with van der Waals surface area (Å²) in [6.45, 7) is 0. The highest BCUT2D eigenvalue weighted by molar-refractivity contribution is 8.01. The SMILES string of the molecule is O=C(O)c1ccc(SC(C(F)(F)F)(C(F)(F)F)C(F)(F)F)cc1. The van der Waals surface area contributed by atoms with Crippen LogP contribution in [0, 0.1) is 0 Å². The quantitative estimate of drug-likeness (QED) is 0.606. The van der Waals surface area contributed by atoms with Crippen LogP contribution in [0.4, 0.5) is 39.5 Å². The van der Waals surface area contributed by atoms with Crippen LogP contribution in [0.2, 0.25) is 0 Å². The molecule has 0 unspecified atom stereocenters. The lowest BCUT2D eigenvalue weighted by Gasteiger charge is -2.37. The Kier molecular flexibility index (Phi) is 4.91. The van der Waals surface area contributed by atoms with E-state index in [0.717, 1.165) is 0 Å². The average molecular weight is 372 g/mol. The van der Waals surface area contributed by atoms with Gasteiger partial charge in [-0.3, -0.25) is 0 Å². The van der Waals surface area contributed by atoms with Gasteiger partial charge in [0.2, 0.25) is 0 Å². The molecule has 12 heteroatoms. The number of benzene rings is 1. The minimum atomic E-state index is -6.68. The van der Waals surface area contributed by atoms with E-state index in [1.807, 2.05) is 0 Å². The molecule has 2 nitrogen and oxygen atoms in total. The number of thioether (sulfide) groups is 1. The molecule has 0 aliphatic carbocycles. The monoisotopic (exact) mass is 372 g/mol. The zero-order valence-corrected chi connectivity index (χ0v) is 11.3. The van der Waals surface area contributed by atoms with Crippen molar-refractivity contribution >= 4 is 17.7 Å². The molecule has 1 aromatic rings. The van der Waals surface area contributed by atoms with Crippen LogP contribution in [-0.2, 0) is 0 Å². The fourth-order valence-corrected chi connectivity index (χ4v) is 2.47. The highest BCUT2D eigenvalue weighted by Crippen LogP contribution is 2.61. The standard InChI is InChI=1S/C11H5F9O2S/c12-9(13,14)8(10(15,16)17,11(18,19)20)23-6-3-1-5(2-4-6)7(21)22/h1-4H,(H,21,22). The topological polar surface area (TPSA) is 37.3 Å². The molecule has 0 amide bonds. The zero-order chi connectivity index (χ0) is 18.3. The summed E-state index contributed by atoms with van der Waals surface area (Å²) in [5.74, 6) is -1.55. The van der Waals surface area contributed by atoms with Crippen molar-refractivity contribution in [3.63, 3.8) is 0 Å². The van der Waals surface area contributed by atoms with Crippen LogP contribution in [0.5, 0.6) is 0 Å². The molecule has 0 aromatic heterocycles. The van der Waals surface area contributed by atoms with Crippen molar-refractivity contribution in [2.45, 2.75) is 28.2 Å². The van der Waals surface area contributed by atoms with Gasteiger partial charge in [-0.05, 0) is 24.3 Å². The van der Waals surface area contributed by atoms with Gasteiger partial charge in [-0.15, -0.1) is 0 Å². The summed E-state index contributed by atoms with van der Waals surface area (Å²) in [7, 11) is 0. The molecule has 23 heavy (non-hydrogen) atoms. The smallest absolute Gasteiger partial charge is 0.421 e. The van der Waals surface area contributed by atoms with Crippen LogP contribution in [-0.4, -0.2) is 34.4 Å². The van der Waals surface area contributed by atoms with Gasteiger partial charge in [-0.2, -0.15) is 39.5 Å². The van der Waals surface area contributed by atoms with Crippen molar-refractivity contribution in [2.24, 2.45) is 0 Å². The molecule has 0 aliphatic heterocycles. The second-order valence-electron chi connectivity index (χ2n) is 4.11. The summed E-state index contributed by atoms with van der Waals surface area (Å²) >= 11 is -1.49. The van der Waals surface area contributed by atoms with E-state index in [0.29, 0.717) is 24.3 Å². The first-order valence-electron chi connectivity index (χ1n) is 5.36. The van der Waals surface area contributed by atoms with Crippen molar-refractivity contribution in [3.8, 4) is 0 Å². The molecular weight excluding hydrogens is 367 g/mol. The van der Waals surface area contributed by atoms with E-state index in [4.69, 9.17) is 5.11 Å². The van der Waals surface area contributed by atoms with Gasteiger partial charge < -0.3 is 5.11 Å². The molecule has 130 valence electrons. The van der Waals surface area contributed by atoms with E-state index in [2.05, 4.69) is 0 Å². The fraction of sp³-hybridized carbons (Fsp3) is 0.364. The van der Waals surface area contributed by atoms with E-state index < -0.39 is 51.5 Å². The van der Waals surface area contributed by atoms with E-state index >= 15 is 0 Å². The Morgan fingerprint density at radius 1 is 0.783 bits per heavy atom. The maximum absolute atomic E-state index is 12.7. The van der Waals surface area contributed by atoms with E-state index in [-0.39, 0.29) is 0 Å². The first-order chi connectivity index (χ1) is 10.1. The summed E-state index contributed by atoms with van der Waals surface area (Å²) in [6.07, 6.45) is -20.0. The molecule has 1 aromatic carbocycles. The number of carboxylic acids is 1. The summed E-state index contributed by atoms with van der Waals surface area (Å²) in [6, 6.07) is 2.06. The summed E-state index contributed by atoms with van der Waals surface area (Å²) in [4.78, 5) is 9.49. The minimum Gasteiger partial charge on any atom is -0.478 e. The first-order valence-corrected chi connectivity index (χ1v) is 6.17. The summed E-state index contributed by atoms with van der Waals surface area (Å²) in [5, 5.41) is 8.55. The van der Waals surface area contributed by atoms with Crippen LogP contribution in [0.1, 0.15) is 10.4 Å². The summed E-state index contributed by atoms with van der Waals surface area (Å²) < 4.78 is 108. The maximum Gasteiger partial charge on any atom is 0.421 e. The van der Waals surface area contributed by atoms with Gasteiger partial charge in [0, 0.05) is 4.90 Å². The third-order valence-corrected chi connectivity index (χ3v) is 4.08. The lowest BCUT2D eigenvalue weighted by Crippen LogP contribution is -2.63. The number of carboxylic acid groups (broad SMARTS) is 1. The van der Waals surface area contributed by atoms with Crippen LogP contribution in [0.25, 0.3) is 0 Å². The van der Waals surface area contributed by atoms with E-state index in [1.54, 1.807) is 0 Å². The van der Waals surface area contributed by atoms with Gasteiger partial charge in [0.25, 0.3) is 0 Å². The van der Waals surface area contributed by atoms with Crippen LogP contribution in [0.3, 0.4) is 0 Å². The second-order valence-corrected chi connectivity index (χ2v) is 5.39. The second kappa shape index (κ2) is 5.80. The van der Waals surface area contributed by atoms with Crippen molar-refractivity contribution < 1.29 is 49.4 Å². The van der Waals surface area contributed by atoms with Crippen molar-refractivity contribution in [2.75, 3.05) is 0 Å². The van der Waals surface area contributed by atoms with Crippen LogP contribution < -0.4 is 0 Å². The molecule has 0 bridgehead atoms. The molecule has 0 atom stereocenters. The molecule has 0 radical (unpaired) electrons. The number of hydrogen-bond acceptors (Lipinski definition) is 2. The largest absolute Gasteiger partial charge is 0.478 e. The number of aromatic carboxylic acids is 1. The Hall–Kier alpha value is -1.59. The van der Waals surface area contributed by atoms with Crippen LogP contribution >= 0.6 is 11.8 Å². The van der Waals surface area contributed by atoms with Crippen molar-refractivity contribution in [3.05, 3.63) is 29.8 Å². The normalized spacial score (nSPS) is 14.0.